The molecule has 2 heterocycles. The molecule has 0 radical (unpaired) electrons. The summed E-state index contributed by atoms with van der Waals surface area (Å²) in [6, 6.07) is 6.46. The van der Waals surface area contributed by atoms with E-state index in [-0.39, 0.29) is 5.02 Å². The maximum Gasteiger partial charge on any atom is 0.141 e. The van der Waals surface area contributed by atoms with Crippen molar-refractivity contribution in [2.45, 2.75) is 26.7 Å². The van der Waals surface area contributed by atoms with Crippen LogP contribution in [0.2, 0.25) is 5.02 Å². The van der Waals surface area contributed by atoms with Gasteiger partial charge in [-0.3, -0.25) is 0 Å². The Bertz CT molecular complexity index is 707. The van der Waals surface area contributed by atoms with E-state index in [4.69, 9.17) is 11.6 Å². The minimum atomic E-state index is -0.431. The van der Waals surface area contributed by atoms with E-state index >= 15 is 0 Å². The zero-order chi connectivity index (χ0) is 16.4. The van der Waals surface area contributed by atoms with Crippen LogP contribution in [0.4, 0.5) is 21.7 Å². The van der Waals surface area contributed by atoms with Gasteiger partial charge < -0.3 is 10.2 Å². The number of piperidine rings is 1. The van der Waals surface area contributed by atoms with Crippen LogP contribution in [0.5, 0.6) is 0 Å². The molecule has 0 saturated carbocycles. The van der Waals surface area contributed by atoms with Gasteiger partial charge in [0.25, 0.3) is 0 Å². The molecule has 0 amide bonds. The van der Waals surface area contributed by atoms with E-state index in [1.165, 1.54) is 18.9 Å². The highest BCUT2D eigenvalue weighted by Crippen LogP contribution is 2.26. The molecule has 1 N–H and O–H groups in total. The van der Waals surface area contributed by atoms with Crippen molar-refractivity contribution in [3.05, 3.63) is 40.9 Å². The van der Waals surface area contributed by atoms with Gasteiger partial charge in [-0.2, -0.15) is 0 Å². The van der Waals surface area contributed by atoms with Gasteiger partial charge in [0.2, 0.25) is 0 Å². The van der Waals surface area contributed by atoms with Crippen LogP contribution < -0.4 is 10.2 Å². The van der Waals surface area contributed by atoms with Crippen molar-refractivity contribution in [3.63, 3.8) is 0 Å². The predicted molar refractivity (Wildman–Crippen MR) is 92.1 cm³/mol. The van der Waals surface area contributed by atoms with Crippen molar-refractivity contribution in [2.24, 2.45) is 5.92 Å². The third-order valence-corrected chi connectivity index (χ3v) is 4.29. The molecule has 1 fully saturated rings. The van der Waals surface area contributed by atoms with Crippen LogP contribution in [-0.2, 0) is 0 Å². The molecule has 2 aromatic rings. The zero-order valence-electron chi connectivity index (χ0n) is 13.3. The first kappa shape index (κ1) is 16.0. The molecular weight excluding hydrogens is 315 g/mol. The lowest BCUT2D eigenvalue weighted by atomic mass is 10.0. The Labute approximate surface area is 140 Å². The van der Waals surface area contributed by atoms with E-state index in [9.17, 15) is 4.39 Å². The molecule has 1 unspecified atom stereocenters. The number of hydrogen-bond acceptors (Lipinski definition) is 4. The van der Waals surface area contributed by atoms with Crippen molar-refractivity contribution in [3.8, 4) is 0 Å². The van der Waals surface area contributed by atoms with Gasteiger partial charge in [0.1, 0.15) is 23.3 Å². The Kier molecular flexibility index (Phi) is 4.66. The average molecular weight is 335 g/mol. The molecule has 1 aliphatic heterocycles. The second-order valence-corrected chi connectivity index (χ2v) is 6.51. The first-order valence-corrected chi connectivity index (χ1v) is 8.22. The normalized spacial score (nSPS) is 18.1. The lowest BCUT2D eigenvalue weighted by Gasteiger charge is -2.32. The van der Waals surface area contributed by atoms with Crippen LogP contribution in [0, 0.1) is 18.7 Å². The van der Waals surface area contributed by atoms with Crippen molar-refractivity contribution in [1.29, 1.82) is 0 Å². The standard InChI is InChI=1S/C17H20ClFN4/c1-11-4-3-7-23(10-11)17-9-16(20-12(2)21-17)22-13-5-6-15(19)14(18)8-13/h5-6,8-9,11H,3-4,7,10H2,1-2H3,(H,20,21,22). The summed E-state index contributed by atoms with van der Waals surface area (Å²) < 4.78 is 13.3. The number of nitrogens with one attached hydrogen (secondary N) is 1. The summed E-state index contributed by atoms with van der Waals surface area (Å²) in [4.78, 5) is 11.3. The van der Waals surface area contributed by atoms with E-state index in [0.29, 0.717) is 23.2 Å². The monoisotopic (exact) mass is 334 g/mol. The Balaban J connectivity index is 1.83. The summed E-state index contributed by atoms with van der Waals surface area (Å²) >= 11 is 5.82. The molecule has 0 bridgehead atoms. The van der Waals surface area contributed by atoms with Gasteiger partial charge in [-0.15, -0.1) is 0 Å². The second-order valence-electron chi connectivity index (χ2n) is 6.11. The van der Waals surface area contributed by atoms with Crippen molar-refractivity contribution < 1.29 is 4.39 Å². The van der Waals surface area contributed by atoms with Gasteiger partial charge in [0, 0.05) is 24.8 Å². The number of halogens is 2. The summed E-state index contributed by atoms with van der Waals surface area (Å²) in [5.41, 5.74) is 0.701. The number of hydrogen-bond donors (Lipinski definition) is 1. The van der Waals surface area contributed by atoms with E-state index in [0.717, 1.165) is 18.9 Å². The van der Waals surface area contributed by atoms with E-state index < -0.39 is 5.82 Å². The number of aryl methyl sites for hydroxylation is 1. The molecule has 122 valence electrons. The first-order valence-electron chi connectivity index (χ1n) is 7.84. The third-order valence-electron chi connectivity index (χ3n) is 4.00. The smallest absolute Gasteiger partial charge is 0.141 e. The zero-order valence-corrected chi connectivity index (χ0v) is 14.1. The fourth-order valence-electron chi connectivity index (χ4n) is 2.90. The Morgan fingerprint density at radius 1 is 1.30 bits per heavy atom. The van der Waals surface area contributed by atoms with Crippen LogP contribution in [0.15, 0.2) is 24.3 Å². The van der Waals surface area contributed by atoms with Gasteiger partial charge in [-0.1, -0.05) is 18.5 Å². The number of benzene rings is 1. The van der Waals surface area contributed by atoms with E-state index in [2.05, 4.69) is 27.1 Å². The summed E-state index contributed by atoms with van der Waals surface area (Å²) in [7, 11) is 0. The summed E-state index contributed by atoms with van der Waals surface area (Å²) in [5, 5.41) is 3.26. The fraction of sp³-hybridized carbons (Fsp3) is 0.412. The number of anilines is 3. The molecule has 23 heavy (non-hydrogen) atoms. The molecule has 6 heteroatoms. The van der Waals surface area contributed by atoms with Crippen LogP contribution in [0.3, 0.4) is 0 Å². The molecule has 0 aliphatic carbocycles. The lowest BCUT2D eigenvalue weighted by Crippen LogP contribution is -2.35. The second kappa shape index (κ2) is 6.71. The largest absolute Gasteiger partial charge is 0.356 e. The van der Waals surface area contributed by atoms with Crippen LogP contribution in [0.1, 0.15) is 25.6 Å². The lowest BCUT2D eigenvalue weighted by molar-refractivity contribution is 0.444. The van der Waals surface area contributed by atoms with Gasteiger partial charge in [0.15, 0.2) is 0 Å². The van der Waals surface area contributed by atoms with Gasteiger partial charge in [-0.25, -0.2) is 14.4 Å². The minimum absolute atomic E-state index is 0.0888. The Morgan fingerprint density at radius 3 is 2.87 bits per heavy atom. The quantitative estimate of drug-likeness (QED) is 0.893. The molecule has 1 saturated heterocycles. The first-order chi connectivity index (χ1) is 11.0. The summed E-state index contributed by atoms with van der Waals surface area (Å²) in [5.74, 6) is 2.56. The molecule has 3 rings (SSSR count). The van der Waals surface area contributed by atoms with Crippen LogP contribution in [-0.4, -0.2) is 23.1 Å². The van der Waals surface area contributed by atoms with Crippen LogP contribution >= 0.6 is 11.6 Å². The average Bonchev–Trinajstić information content (AvgIpc) is 2.50. The molecule has 0 spiro atoms. The van der Waals surface area contributed by atoms with Gasteiger partial charge >= 0.3 is 0 Å². The van der Waals surface area contributed by atoms with Gasteiger partial charge in [0.05, 0.1) is 5.02 Å². The summed E-state index contributed by atoms with van der Waals surface area (Å²) in [6.45, 7) is 6.17. The molecular formula is C17H20ClFN4. The number of rotatable bonds is 3. The van der Waals surface area contributed by atoms with Crippen molar-refractivity contribution in [2.75, 3.05) is 23.3 Å². The number of aromatic nitrogens is 2. The molecule has 1 aromatic carbocycles. The molecule has 1 aromatic heterocycles. The Morgan fingerprint density at radius 2 is 2.13 bits per heavy atom. The molecule has 1 atom stereocenters. The topological polar surface area (TPSA) is 41.1 Å². The van der Waals surface area contributed by atoms with Gasteiger partial charge in [-0.05, 0) is 43.9 Å². The fourth-order valence-corrected chi connectivity index (χ4v) is 3.08. The maximum atomic E-state index is 13.3. The van der Waals surface area contributed by atoms with E-state index in [1.807, 2.05) is 13.0 Å². The Hall–Kier alpha value is -1.88. The van der Waals surface area contributed by atoms with Crippen LogP contribution in [0.25, 0.3) is 0 Å². The SMILES string of the molecule is Cc1nc(Nc2ccc(F)c(Cl)c2)cc(N2CCCC(C)C2)n1. The molecule has 1 aliphatic rings. The highest BCUT2D eigenvalue weighted by Gasteiger charge is 2.18. The predicted octanol–water partition coefficient (Wildman–Crippen LogP) is 4.56. The highest BCUT2D eigenvalue weighted by atomic mass is 35.5. The van der Waals surface area contributed by atoms with E-state index in [1.54, 1.807) is 12.1 Å². The van der Waals surface area contributed by atoms with Crippen molar-refractivity contribution in [1.82, 2.24) is 9.97 Å². The third kappa shape index (κ3) is 3.91. The van der Waals surface area contributed by atoms with Crippen molar-refractivity contribution >= 4 is 28.9 Å². The highest BCUT2D eigenvalue weighted by molar-refractivity contribution is 6.31. The minimum Gasteiger partial charge on any atom is -0.356 e. The molecule has 4 nitrogen and oxygen atoms in total. The maximum absolute atomic E-state index is 13.3. The summed E-state index contributed by atoms with van der Waals surface area (Å²) in [6.07, 6.45) is 2.44. The number of nitrogens with zero attached hydrogens (tertiary/aromatic N) is 3.